The Morgan fingerprint density at radius 2 is 2.13 bits per heavy atom. The van der Waals surface area contributed by atoms with Crippen LogP contribution in [0.2, 0.25) is 0 Å². The minimum atomic E-state index is -4.45. The number of benzene rings is 1. The second kappa shape index (κ2) is 7.21. The van der Waals surface area contributed by atoms with Crippen molar-refractivity contribution < 1.29 is 27.4 Å². The lowest BCUT2D eigenvalue weighted by molar-refractivity contribution is -0.137. The van der Waals surface area contributed by atoms with Crippen molar-refractivity contribution in [2.24, 2.45) is 0 Å². The fraction of sp³-hybridized carbons (Fsp3) is 0.562. The predicted molar refractivity (Wildman–Crippen MR) is 78.1 cm³/mol. The maximum Gasteiger partial charge on any atom is 0.416 e. The first kappa shape index (κ1) is 17.6. The molecular formula is C16H20F3NO3. The molecule has 0 bridgehead atoms. The number of amides is 1. The Labute approximate surface area is 133 Å². The third-order valence-electron chi connectivity index (χ3n) is 3.74. The van der Waals surface area contributed by atoms with Crippen molar-refractivity contribution in [1.29, 1.82) is 0 Å². The van der Waals surface area contributed by atoms with Gasteiger partial charge in [-0.3, -0.25) is 4.79 Å². The first-order valence-electron chi connectivity index (χ1n) is 7.53. The zero-order valence-electron chi connectivity index (χ0n) is 13.0. The van der Waals surface area contributed by atoms with Crippen LogP contribution in [0.15, 0.2) is 24.3 Å². The zero-order chi connectivity index (χ0) is 17.0. The molecule has 1 fully saturated rings. The first-order chi connectivity index (χ1) is 10.8. The van der Waals surface area contributed by atoms with Gasteiger partial charge in [-0.05, 0) is 44.9 Å². The third-order valence-corrected chi connectivity index (χ3v) is 3.74. The molecule has 3 atom stereocenters. The second-order valence-corrected chi connectivity index (χ2v) is 5.63. The molecule has 2 rings (SSSR count). The van der Waals surface area contributed by atoms with Gasteiger partial charge in [0.1, 0.15) is 5.75 Å². The lowest BCUT2D eigenvalue weighted by Crippen LogP contribution is -2.46. The molecule has 4 nitrogen and oxygen atoms in total. The summed E-state index contributed by atoms with van der Waals surface area (Å²) in [4.78, 5) is 12.1. The Balaban J connectivity index is 1.93. The largest absolute Gasteiger partial charge is 0.481 e. The van der Waals surface area contributed by atoms with Gasteiger partial charge < -0.3 is 14.8 Å². The topological polar surface area (TPSA) is 47.6 Å². The molecule has 7 heteroatoms. The van der Waals surface area contributed by atoms with E-state index in [0.29, 0.717) is 6.61 Å². The average molecular weight is 331 g/mol. The van der Waals surface area contributed by atoms with Gasteiger partial charge in [-0.15, -0.1) is 0 Å². The Kier molecular flexibility index (Phi) is 5.51. The molecule has 0 radical (unpaired) electrons. The minimum absolute atomic E-state index is 0.00671. The monoisotopic (exact) mass is 331 g/mol. The molecule has 1 aromatic carbocycles. The van der Waals surface area contributed by atoms with Crippen LogP contribution in [0.1, 0.15) is 32.3 Å². The summed E-state index contributed by atoms with van der Waals surface area (Å²) in [6.45, 7) is 4.02. The van der Waals surface area contributed by atoms with Gasteiger partial charge in [0, 0.05) is 6.61 Å². The quantitative estimate of drug-likeness (QED) is 0.902. The number of alkyl halides is 3. The number of nitrogens with one attached hydrogen (secondary N) is 1. The van der Waals surface area contributed by atoms with E-state index in [-0.39, 0.29) is 23.8 Å². The van der Waals surface area contributed by atoms with Crippen molar-refractivity contribution in [3.63, 3.8) is 0 Å². The summed E-state index contributed by atoms with van der Waals surface area (Å²) in [5.41, 5.74) is -0.810. The van der Waals surface area contributed by atoms with E-state index in [0.717, 1.165) is 25.0 Å². The van der Waals surface area contributed by atoms with E-state index in [9.17, 15) is 18.0 Å². The molecule has 128 valence electrons. The lowest BCUT2D eigenvalue weighted by Gasteiger charge is -2.22. The van der Waals surface area contributed by atoms with Crippen LogP contribution >= 0.6 is 0 Å². The van der Waals surface area contributed by atoms with Crippen LogP contribution in [0.5, 0.6) is 5.75 Å². The van der Waals surface area contributed by atoms with Crippen LogP contribution in [0.3, 0.4) is 0 Å². The van der Waals surface area contributed by atoms with Gasteiger partial charge in [-0.25, -0.2) is 0 Å². The number of ether oxygens (including phenoxy) is 2. The van der Waals surface area contributed by atoms with E-state index in [1.54, 1.807) is 0 Å². The molecule has 1 heterocycles. The molecule has 0 saturated carbocycles. The maximum absolute atomic E-state index is 12.7. The summed E-state index contributed by atoms with van der Waals surface area (Å²) in [6, 6.07) is 4.31. The van der Waals surface area contributed by atoms with Crippen LogP contribution in [-0.4, -0.2) is 30.8 Å². The fourth-order valence-corrected chi connectivity index (χ4v) is 2.43. The summed E-state index contributed by atoms with van der Waals surface area (Å²) in [6.07, 6.45) is -3.54. The van der Waals surface area contributed by atoms with Crippen molar-refractivity contribution in [3.8, 4) is 5.75 Å². The molecule has 1 saturated heterocycles. The van der Waals surface area contributed by atoms with Crippen LogP contribution < -0.4 is 10.1 Å². The highest BCUT2D eigenvalue weighted by Gasteiger charge is 2.31. The second-order valence-electron chi connectivity index (χ2n) is 5.63. The van der Waals surface area contributed by atoms with Gasteiger partial charge in [0.25, 0.3) is 5.91 Å². The zero-order valence-corrected chi connectivity index (χ0v) is 13.0. The molecule has 1 aliphatic heterocycles. The number of rotatable bonds is 5. The summed E-state index contributed by atoms with van der Waals surface area (Å²) < 4.78 is 48.8. The standard InChI is InChI=1S/C16H20F3NO3/c1-10(14-7-4-8-22-14)20-15(21)11(2)23-13-6-3-5-12(9-13)16(17,18)19/h3,5-6,9-11,14H,4,7-8H2,1-2H3,(H,20,21)/t10-,11-,14-/m1/s1. The van der Waals surface area contributed by atoms with E-state index in [1.165, 1.54) is 19.1 Å². The minimum Gasteiger partial charge on any atom is -0.481 e. The van der Waals surface area contributed by atoms with Gasteiger partial charge in [-0.2, -0.15) is 13.2 Å². The smallest absolute Gasteiger partial charge is 0.416 e. The first-order valence-corrected chi connectivity index (χ1v) is 7.53. The predicted octanol–water partition coefficient (Wildman–Crippen LogP) is 3.16. The molecule has 23 heavy (non-hydrogen) atoms. The SMILES string of the molecule is C[C@@H](Oc1cccc(C(F)(F)F)c1)C(=O)N[C@H](C)[C@H]1CCCO1. The van der Waals surface area contributed by atoms with Crippen molar-refractivity contribution in [3.05, 3.63) is 29.8 Å². The maximum atomic E-state index is 12.7. The molecule has 0 aromatic heterocycles. The number of hydrogen-bond donors (Lipinski definition) is 1. The molecule has 0 aliphatic carbocycles. The molecule has 1 aliphatic rings. The van der Waals surface area contributed by atoms with Crippen molar-refractivity contribution in [2.45, 2.75) is 51.1 Å². The van der Waals surface area contributed by atoms with Crippen molar-refractivity contribution >= 4 is 5.91 Å². The number of carbonyl (C=O) groups excluding carboxylic acids is 1. The van der Waals surface area contributed by atoms with E-state index < -0.39 is 17.8 Å². The molecule has 1 amide bonds. The van der Waals surface area contributed by atoms with Gasteiger partial charge in [0.05, 0.1) is 17.7 Å². The van der Waals surface area contributed by atoms with Gasteiger partial charge in [-0.1, -0.05) is 6.07 Å². The van der Waals surface area contributed by atoms with Crippen LogP contribution in [0.4, 0.5) is 13.2 Å². The Bertz CT molecular complexity index is 542. The van der Waals surface area contributed by atoms with E-state index in [4.69, 9.17) is 9.47 Å². The van der Waals surface area contributed by atoms with Crippen molar-refractivity contribution in [1.82, 2.24) is 5.32 Å². The van der Waals surface area contributed by atoms with Crippen LogP contribution in [0, 0.1) is 0 Å². The average Bonchev–Trinajstić information content (AvgIpc) is 3.00. The summed E-state index contributed by atoms with van der Waals surface area (Å²) >= 11 is 0. The number of hydrogen-bond acceptors (Lipinski definition) is 3. The third kappa shape index (κ3) is 4.86. The van der Waals surface area contributed by atoms with Crippen molar-refractivity contribution in [2.75, 3.05) is 6.61 Å². The number of halogens is 3. The highest BCUT2D eigenvalue weighted by molar-refractivity contribution is 5.81. The van der Waals surface area contributed by atoms with E-state index in [2.05, 4.69) is 5.32 Å². The summed E-state index contributed by atoms with van der Waals surface area (Å²) in [7, 11) is 0. The molecule has 0 spiro atoms. The molecule has 1 aromatic rings. The molecule has 0 unspecified atom stereocenters. The van der Waals surface area contributed by atoms with Gasteiger partial charge in [0.2, 0.25) is 0 Å². The highest BCUT2D eigenvalue weighted by Crippen LogP contribution is 2.31. The Morgan fingerprint density at radius 1 is 1.39 bits per heavy atom. The van der Waals surface area contributed by atoms with Gasteiger partial charge in [0.15, 0.2) is 6.10 Å². The van der Waals surface area contributed by atoms with Crippen LogP contribution in [0.25, 0.3) is 0 Å². The Morgan fingerprint density at radius 3 is 2.74 bits per heavy atom. The molecule has 1 N–H and O–H groups in total. The Hall–Kier alpha value is -1.76. The summed E-state index contributed by atoms with van der Waals surface area (Å²) in [5, 5.41) is 2.78. The normalized spacial score (nSPS) is 20.8. The number of carbonyl (C=O) groups is 1. The van der Waals surface area contributed by atoms with E-state index >= 15 is 0 Å². The summed E-state index contributed by atoms with van der Waals surface area (Å²) in [5.74, 6) is -0.377. The fourth-order valence-electron chi connectivity index (χ4n) is 2.43. The highest BCUT2D eigenvalue weighted by atomic mass is 19.4. The lowest BCUT2D eigenvalue weighted by atomic mass is 10.1. The van der Waals surface area contributed by atoms with Crippen LogP contribution in [-0.2, 0) is 15.7 Å². The van der Waals surface area contributed by atoms with E-state index in [1.807, 2.05) is 6.92 Å². The molecular weight excluding hydrogens is 311 g/mol. The van der Waals surface area contributed by atoms with Gasteiger partial charge >= 0.3 is 6.18 Å².